The molecule has 0 fully saturated rings. The van der Waals surface area contributed by atoms with Gasteiger partial charge in [-0.15, -0.1) is 0 Å². The van der Waals surface area contributed by atoms with Crippen LogP contribution in [0.15, 0.2) is 0 Å². The van der Waals surface area contributed by atoms with Gasteiger partial charge in [0.25, 0.3) is 5.85 Å². The lowest BCUT2D eigenvalue weighted by Crippen LogP contribution is -2.28. The summed E-state index contributed by atoms with van der Waals surface area (Å²) in [5.74, 6) is -2.04. The van der Waals surface area contributed by atoms with Gasteiger partial charge in [0.2, 0.25) is 0 Å². The first-order valence-corrected chi connectivity index (χ1v) is 7.33. The first-order valence-electron chi connectivity index (χ1n) is 5.72. The fraction of sp³-hybridized carbons (Fsp3) is 0.900. The molecule has 6 nitrogen and oxygen atoms in total. The van der Waals surface area contributed by atoms with E-state index in [2.05, 4.69) is 0 Å². The summed E-state index contributed by atoms with van der Waals surface area (Å²) in [5, 5.41) is 0. The number of carbonyl (C=O) groups excluding carboxylic acids is 1. The Balaban J connectivity index is 4.94. The van der Waals surface area contributed by atoms with Gasteiger partial charge in [0.15, 0.2) is 0 Å². The molecule has 0 radical (unpaired) electrons. The zero-order valence-electron chi connectivity index (χ0n) is 10.8. The highest BCUT2D eigenvalue weighted by atomic mass is 31.2. The van der Waals surface area contributed by atoms with E-state index >= 15 is 0 Å². The highest BCUT2D eigenvalue weighted by Crippen LogP contribution is 2.53. The van der Waals surface area contributed by atoms with Crippen molar-refractivity contribution < 1.29 is 27.9 Å². The van der Waals surface area contributed by atoms with Crippen LogP contribution in [0.1, 0.15) is 27.7 Å². The third-order valence-electron chi connectivity index (χ3n) is 1.72. The molecule has 1 atom stereocenters. The van der Waals surface area contributed by atoms with Crippen molar-refractivity contribution in [2.75, 3.05) is 26.4 Å². The zero-order valence-corrected chi connectivity index (χ0v) is 11.7. The molecule has 102 valence electrons. The van der Waals surface area contributed by atoms with Gasteiger partial charge in [-0.05, 0) is 27.7 Å². The second-order valence-corrected chi connectivity index (χ2v) is 5.00. The number of ether oxygens (including phenoxy) is 2. The van der Waals surface area contributed by atoms with Gasteiger partial charge < -0.3 is 18.5 Å². The Hall–Kier alpha value is -0.420. The second kappa shape index (κ2) is 8.64. The third-order valence-corrected chi connectivity index (χ3v) is 3.89. The number of rotatable bonds is 9. The first kappa shape index (κ1) is 16.6. The molecule has 0 bridgehead atoms. The van der Waals surface area contributed by atoms with E-state index in [4.69, 9.17) is 18.5 Å². The van der Waals surface area contributed by atoms with Gasteiger partial charge in [0, 0.05) is 6.61 Å². The predicted octanol–water partition coefficient (Wildman–Crippen LogP) is 2.18. The van der Waals surface area contributed by atoms with Gasteiger partial charge >= 0.3 is 13.6 Å². The summed E-state index contributed by atoms with van der Waals surface area (Å²) in [5.41, 5.74) is 0. The molecule has 1 unspecified atom stereocenters. The minimum atomic E-state index is -3.63. The largest absolute Gasteiger partial charge is 0.464 e. The van der Waals surface area contributed by atoms with E-state index in [1.54, 1.807) is 27.7 Å². The lowest BCUT2D eigenvalue weighted by Gasteiger charge is -2.24. The summed E-state index contributed by atoms with van der Waals surface area (Å²) >= 11 is 0. The van der Waals surface area contributed by atoms with E-state index in [0.29, 0.717) is 0 Å². The van der Waals surface area contributed by atoms with E-state index in [1.807, 2.05) is 0 Å². The van der Waals surface area contributed by atoms with Crippen LogP contribution >= 0.6 is 7.60 Å². The lowest BCUT2D eigenvalue weighted by molar-refractivity contribution is -0.152. The quantitative estimate of drug-likeness (QED) is 0.471. The van der Waals surface area contributed by atoms with Crippen molar-refractivity contribution in [1.29, 1.82) is 0 Å². The molecule has 0 aromatic carbocycles. The Bertz CT molecular complexity index is 258. The second-order valence-electron chi connectivity index (χ2n) is 2.94. The molecule has 0 N–H and O–H groups in total. The molecule has 7 heteroatoms. The lowest BCUT2D eigenvalue weighted by atomic mass is 10.7. The summed E-state index contributed by atoms with van der Waals surface area (Å²) in [6, 6.07) is 0. The van der Waals surface area contributed by atoms with E-state index in [1.165, 1.54) is 0 Å². The van der Waals surface area contributed by atoms with E-state index in [0.717, 1.165) is 0 Å². The van der Waals surface area contributed by atoms with Crippen molar-refractivity contribution in [2.45, 2.75) is 33.5 Å². The molecular formula is C10H21O6P. The fourth-order valence-electron chi connectivity index (χ4n) is 1.19. The van der Waals surface area contributed by atoms with Gasteiger partial charge in [-0.1, -0.05) is 0 Å². The van der Waals surface area contributed by atoms with Crippen LogP contribution in [0.25, 0.3) is 0 Å². The predicted molar refractivity (Wildman–Crippen MR) is 62.9 cm³/mol. The Morgan fingerprint density at radius 3 is 1.88 bits per heavy atom. The van der Waals surface area contributed by atoms with E-state index in [-0.39, 0.29) is 26.4 Å². The van der Waals surface area contributed by atoms with Crippen molar-refractivity contribution in [3.63, 3.8) is 0 Å². The number of carbonyl (C=O) groups is 1. The molecule has 0 aliphatic heterocycles. The maximum absolute atomic E-state index is 12.3. The molecule has 0 aliphatic rings. The number of hydrogen-bond donors (Lipinski definition) is 0. The average Bonchev–Trinajstić information content (AvgIpc) is 2.26. The fourth-order valence-corrected chi connectivity index (χ4v) is 2.92. The van der Waals surface area contributed by atoms with Crippen LogP contribution in [-0.2, 0) is 27.9 Å². The van der Waals surface area contributed by atoms with E-state index < -0.39 is 19.4 Å². The number of hydrogen-bond acceptors (Lipinski definition) is 6. The maximum atomic E-state index is 12.3. The van der Waals surface area contributed by atoms with Crippen LogP contribution in [0.4, 0.5) is 0 Å². The summed E-state index contributed by atoms with van der Waals surface area (Å²) in [6.07, 6.45) is 0. The first-order chi connectivity index (χ1) is 8.05. The van der Waals surface area contributed by atoms with Crippen LogP contribution in [0.3, 0.4) is 0 Å². The zero-order chi connectivity index (χ0) is 13.3. The highest BCUT2D eigenvalue weighted by Gasteiger charge is 2.43. The van der Waals surface area contributed by atoms with Crippen molar-refractivity contribution in [3.05, 3.63) is 0 Å². The smallest absolute Gasteiger partial charge is 0.370 e. The molecule has 17 heavy (non-hydrogen) atoms. The summed E-state index contributed by atoms with van der Waals surface area (Å²) in [7, 11) is -3.63. The topological polar surface area (TPSA) is 71.1 Å². The molecule has 0 aliphatic carbocycles. The van der Waals surface area contributed by atoms with Crippen LogP contribution in [0, 0.1) is 0 Å². The maximum Gasteiger partial charge on any atom is 0.370 e. The van der Waals surface area contributed by atoms with Crippen LogP contribution in [0.2, 0.25) is 0 Å². The van der Waals surface area contributed by atoms with Crippen molar-refractivity contribution in [3.8, 4) is 0 Å². The summed E-state index contributed by atoms with van der Waals surface area (Å²) in [4.78, 5) is 11.7. The minimum absolute atomic E-state index is 0.167. The van der Waals surface area contributed by atoms with Crippen molar-refractivity contribution >= 4 is 13.6 Å². The highest BCUT2D eigenvalue weighted by molar-refractivity contribution is 7.55. The molecule has 0 saturated heterocycles. The Labute approximate surface area is 102 Å². The molecule has 0 aromatic rings. The normalized spacial score (nSPS) is 13.4. The molecule has 0 aromatic heterocycles. The van der Waals surface area contributed by atoms with Crippen molar-refractivity contribution in [1.82, 2.24) is 0 Å². The minimum Gasteiger partial charge on any atom is -0.464 e. The molecule has 0 amide bonds. The molecular weight excluding hydrogens is 247 g/mol. The standard InChI is InChI=1S/C10H21O6P/c1-5-13-9(11)10(14-6-2)17(12,15-7-3)16-8-4/h10H,5-8H2,1-4H3. The van der Waals surface area contributed by atoms with Crippen molar-refractivity contribution in [2.24, 2.45) is 0 Å². The van der Waals surface area contributed by atoms with Gasteiger partial charge in [-0.3, -0.25) is 4.57 Å². The molecule has 0 spiro atoms. The summed E-state index contributed by atoms with van der Waals surface area (Å²) < 4.78 is 32.4. The van der Waals surface area contributed by atoms with Gasteiger partial charge in [-0.25, -0.2) is 4.79 Å². The van der Waals surface area contributed by atoms with E-state index in [9.17, 15) is 9.36 Å². The van der Waals surface area contributed by atoms with Crippen LogP contribution < -0.4 is 0 Å². The number of esters is 1. The summed E-state index contributed by atoms with van der Waals surface area (Å²) in [6.45, 7) is 7.41. The van der Waals surface area contributed by atoms with Crippen LogP contribution in [0.5, 0.6) is 0 Å². The van der Waals surface area contributed by atoms with Gasteiger partial charge in [0.1, 0.15) is 0 Å². The third kappa shape index (κ3) is 5.17. The Kier molecular flexibility index (Phi) is 8.43. The SMILES string of the molecule is CCOC(=O)C(OCC)P(=O)(OCC)OCC. The molecule has 0 rings (SSSR count). The monoisotopic (exact) mass is 268 g/mol. The molecule has 0 saturated carbocycles. The van der Waals surface area contributed by atoms with Gasteiger partial charge in [0.05, 0.1) is 19.8 Å². The van der Waals surface area contributed by atoms with Gasteiger partial charge in [-0.2, -0.15) is 0 Å². The molecule has 0 heterocycles. The average molecular weight is 268 g/mol. The van der Waals surface area contributed by atoms with Crippen LogP contribution in [-0.4, -0.2) is 38.2 Å². The Morgan fingerprint density at radius 1 is 1.00 bits per heavy atom. The Morgan fingerprint density at radius 2 is 1.53 bits per heavy atom.